The van der Waals surface area contributed by atoms with Crippen molar-refractivity contribution in [1.82, 2.24) is 10.6 Å². The second-order valence-electron chi connectivity index (χ2n) is 5.78. The van der Waals surface area contributed by atoms with Gasteiger partial charge < -0.3 is 15.7 Å². The van der Waals surface area contributed by atoms with Crippen LogP contribution in [0, 0.1) is 11.8 Å². The highest BCUT2D eigenvalue weighted by Crippen LogP contribution is 2.25. The first-order chi connectivity index (χ1) is 9.32. The van der Waals surface area contributed by atoms with Gasteiger partial charge in [-0.3, -0.25) is 14.4 Å². The lowest BCUT2D eigenvalue weighted by Crippen LogP contribution is -2.53. The van der Waals surface area contributed by atoms with E-state index in [1.807, 2.05) is 13.8 Å². The van der Waals surface area contributed by atoms with Crippen molar-refractivity contribution in [3.05, 3.63) is 0 Å². The van der Waals surface area contributed by atoms with Crippen molar-refractivity contribution in [2.24, 2.45) is 11.8 Å². The lowest BCUT2D eigenvalue weighted by atomic mass is 10.0. The fourth-order valence-electron chi connectivity index (χ4n) is 2.36. The molecule has 1 aliphatic rings. The van der Waals surface area contributed by atoms with E-state index in [0.717, 1.165) is 25.7 Å². The summed E-state index contributed by atoms with van der Waals surface area (Å²) in [5, 5.41) is 14.0. The van der Waals surface area contributed by atoms with Gasteiger partial charge in [-0.25, -0.2) is 0 Å². The van der Waals surface area contributed by atoms with Crippen LogP contribution in [0.25, 0.3) is 0 Å². The Morgan fingerprint density at radius 1 is 1.05 bits per heavy atom. The van der Waals surface area contributed by atoms with Crippen LogP contribution in [0.15, 0.2) is 0 Å². The highest BCUT2D eigenvalue weighted by molar-refractivity contribution is 5.91. The summed E-state index contributed by atoms with van der Waals surface area (Å²) in [6.07, 6.45) is 3.83. The van der Waals surface area contributed by atoms with Crippen molar-refractivity contribution in [3.63, 3.8) is 0 Å². The van der Waals surface area contributed by atoms with E-state index >= 15 is 0 Å². The molecule has 0 bridgehead atoms. The molecule has 0 aliphatic heterocycles. The summed E-state index contributed by atoms with van der Waals surface area (Å²) >= 11 is 0. The molecule has 1 fully saturated rings. The number of carboxylic acids is 1. The van der Waals surface area contributed by atoms with Gasteiger partial charge in [-0.2, -0.15) is 0 Å². The Bertz CT molecular complexity index is 375. The molecule has 0 spiro atoms. The largest absolute Gasteiger partial charge is 0.480 e. The number of rotatable bonds is 6. The zero-order valence-electron chi connectivity index (χ0n) is 12.3. The van der Waals surface area contributed by atoms with Crippen LogP contribution < -0.4 is 10.6 Å². The summed E-state index contributed by atoms with van der Waals surface area (Å²) in [4.78, 5) is 34.9. The summed E-state index contributed by atoms with van der Waals surface area (Å²) in [5.74, 6) is -1.74. The molecule has 6 nitrogen and oxygen atoms in total. The number of amides is 2. The molecule has 2 unspecified atom stereocenters. The van der Waals surface area contributed by atoms with Crippen molar-refractivity contribution in [2.45, 2.75) is 58.5 Å². The highest BCUT2D eigenvalue weighted by Gasteiger charge is 2.30. The lowest BCUT2D eigenvalue weighted by molar-refractivity contribution is -0.142. The number of aliphatic carboxylic acids is 1. The average Bonchev–Trinajstić information content (AvgIpc) is 2.88. The van der Waals surface area contributed by atoms with Crippen molar-refractivity contribution >= 4 is 17.8 Å². The second-order valence-corrected chi connectivity index (χ2v) is 5.78. The van der Waals surface area contributed by atoms with Crippen LogP contribution >= 0.6 is 0 Å². The molecule has 0 aromatic rings. The third-order valence-electron chi connectivity index (χ3n) is 3.70. The van der Waals surface area contributed by atoms with Gasteiger partial charge in [0.15, 0.2) is 0 Å². The smallest absolute Gasteiger partial charge is 0.325 e. The average molecular weight is 284 g/mol. The molecular weight excluding hydrogens is 260 g/mol. The van der Waals surface area contributed by atoms with Crippen molar-refractivity contribution in [2.75, 3.05) is 0 Å². The van der Waals surface area contributed by atoms with E-state index in [4.69, 9.17) is 5.11 Å². The Hall–Kier alpha value is -1.59. The monoisotopic (exact) mass is 284 g/mol. The Kier molecular flexibility index (Phi) is 5.98. The van der Waals surface area contributed by atoms with Crippen molar-refractivity contribution in [1.29, 1.82) is 0 Å². The van der Waals surface area contributed by atoms with Crippen LogP contribution in [0.2, 0.25) is 0 Å². The molecule has 1 aliphatic carbocycles. The van der Waals surface area contributed by atoms with Gasteiger partial charge in [0.2, 0.25) is 11.8 Å². The number of hydrogen-bond acceptors (Lipinski definition) is 3. The number of carbonyl (C=O) groups excluding carboxylic acids is 2. The maximum Gasteiger partial charge on any atom is 0.325 e. The summed E-state index contributed by atoms with van der Waals surface area (Å²) in [6.45, 7) is 5.05. The van der Waals surface area contributed by atoms with Gasteiger partial charge in [0, 0.05) is 5.92 Å². The minimum Gasteiger partial charge on any atom is -0.480 e. The van der Waals surface area contributed by atoms with Crippen LogP contribution in [-0.4, -0.2) is 35.0 Å². The second kappa shape index (κ2) is 7.26. The summed E-state index contributed by atoms with van der Waals surface area (Å²) in [5.41, 5.74) is 0. The fourth-order valence-corrected chi connectivity index (χ4v) is 2.36. The Labute approximate surface area is 119 Å². The standard InChI is InChI=1S/C14H24N2O4/c1-8(2)11(13(18)15-9(3)14(19)20)16-12(17)10-6-4-5-7-10/h8-11H,4-7H2,1-3H3,(H,15,18)(H,16,17)(H,19,20). The molecule has 2 atom stereocenters. The number of hydrogen-bond donors (Lipinski definition) is 3. The first-order valence-corrected chi connectivity index (χ1v) is 7.16. The molecule has 2 amide bonds. The van der Waals surface area contributed by atoms with Gasteiger partial charge in [0.1, 0.15) is 12.1 Å². The van der Waals surface area contributed by atoms with E-state index in [9.17, 15) is 14.4 Å². The minimum absolute atomic E-state index is 0.0130. The van der Waals surface area contributed by atoms with Crippen LogP contribution in [0.5, 0.6) is 0 Å². The third kappa shape index (κ3) is 4.51. The number of carboxylic acid groups (broad SMARTS) is 1. The van der Waals surface area contributed by atoms with Crippen LogP contribution in [0.4, 0.5) is 0 Å². The Balaban J connectivity index is 2.61. The van der Waals surface area contributed by atoms with E-state index in [1.165, 1.54) is 6.92 Å². The van der Waals surface area contributed by atoms with Gasteiger partial charge >= 0.3 is 5.97 Å². The number of carbonyl (C=O) groups is 3. The molecule has 1 saturated carbocycles. The van der Waals surface area contributed by atoms with Gasteiger partial charge in [0.25, 0.3) is 0 Å². The molecule has 3 N–H and O–H groups in total. The topological polar surface area (TPSA) is 95.5 Å². The van der Waals surface area contributed by atoms with Crippen LogP contribution in [-0.2, 0) is 14.4 Å². The van der Waals surface area contributed by atoms with Crippen LogP contribution in [0.3, 0.4) is 0 Å². The van der Waals surface area contributed by atoms with E-state index in [0.29, 0.717) is 0 Å². The molecule has 0 aromatic carbocycles. The molecule has 20 heavy (non-hydrogen) atoms. The van der Waals surface area contributed by atoms with E-state index in [2.05, 4.69) is 10.6 Å². The Morgan fingerprint density at radius 3 is 2.05 bits per heavy atom. The molecule has 0 aromatic heterocycles. The zero-order chi connectivity index (χ0) is 15.3. The maximum atomic E-state index is 12.1. The first kappa shape index (κ1) is 16.5. The normalized spacial score (nSPS) is 18.6. The molecular formula is C14H24N2O4. The third-order valence-corrected chi connectivity index (χ3v) is 3.70. The van der Waals surface area contributed by atoms with Crippen molar-refractivity contribution < 1.29 is 19.5 Å². The summed E-state index contributed by atoms with van der Waals surface area (Å²) in [6, 6.07) is -1.66. The van der Waals surface area contributed by atoms with Crippen LogP contribution in [0.1, 0.15) is 46.5 Å². The quantitative estimate of drug-likeness (QED) is 0.675. The minimum atomic E-state index is -1.09. The highest BCUT2D eigenvalue weighted by atomic mass is 16.4. The van der Waals surface area contributed by atoms with Gasteiger partial charge in [-0.05, 0) is 25.7 Å². The first-order valence-electron chi connectivity index (χ1n) is 7.16. The van der Waals surface area contributed by atoms with E-state index in [1.54, 1.807) is 0 Å². The lowest BCUT2D eigenvalue weighted by Gasteiger charge is -2.24. The van der Waals surface area contributed by atoms with Gasteiger partial charge in [-0.15, -0.1) is 0 Å². The fraction of sp³-hybridized carbons (Fsp3) is 0.786. The molecule has 6 heteroatoms. The maximum absolute atomic E-state index is 12.1. The van der Waals surface area contributed by atoms with Crippen molar-refractivity contribution in [3.8, 4) is 0 Å². The summed E-state index contributed by atoms with van der Waals surface area (Å²) < 4.78 is 0. The number of nitrogens with one attached hydrogen (secondary N) is 2. The van der Waals surface area contributed by atoms with E-state index < -0.39 is 24.0 Å². The van der Waals surface area contributed by atoms with Gasteiger partial charge in [0.05, 0.1) is 0 Å². The predicted molar refractivity (Wildman–Crippen MR) is 74.0 cm³/mol. The predicted octanol–water partition coefficient (Wildman–Crippen LogP) is 0.907. The molecule has 1 rings (SSSR count). The molecule has 0 heterocycles. The molecule has 0 saturated heterocycles. The Morgan fingerprint density at radius 2 is 1.60 bits per heavy atom. The SMILES string of the molecule is CC(NC(=O)C(NC(=O)C1CCCC1)C(C)C)C(=O)O. The molecule has 114 valence electrons. The van der Waals surface area contributed by atoms with Gasteiger partial charge in [-0.1, -0.05) is 26.7 Å². The summed E-state index contributed by atoms with van der Waals surface area (Å²) in [7, 11) is 0. The van der Waals surface area contributed by atoms with E-state index in [-0.39, 0.29) is 17.7 Å². The molecule has 0 radical (unpaired) electrons. The zero-order valence-corrected chi connectivity index (χ0v) is 12.3.